The standard InChI is InChI=1S/C15H15ClN2O3/c1-10-3-5-13(21-2)12(7-10)17-14(19)9-18-8-11(16)4-6-15(18)20/h3-8H,9H2,1-2H3,(H,17,19). The molecule has 0 saturated carbocycles. The molecule has 0 aliphatic heterocycles. The van der Waals surface area contributed by atoms with Gasteiger partial charge in [0.25, 0.3) is 5.56 Å². The number of rotatable bonds is 4. The molecule has 0 unspecified atom stereocenters. The minimum absolute atomic E-state index is 0.115. The summed E-state index contributed by atoms with van der Waals surface area (Å²) in [5.74, 6) is 0.232. The van der Waals surface area contributed by atoms with E-state index < -0.39 is 0 Å². The maximum Gasteiger partial charge on any atom is 0.251 e. The molecule has 1 amide bonds. The van der Waals surface area contributed by atoms with Gasteiger partial charge in [0, 0.05) is 12.3 Å². The van der Waals surface area contributed by atoms with E-state index in [2.05, 4.69) is 5.32 Å². The molecule has 110 valence electrons. The van der Waals surface area contributed by atoms with Crippen molar-refractivity contribution < 1.29 is 9.53 Å². The second-order valence-electron chi connectivity index (χ2n) is 4.57. The van der Waals surface area contributed by atoms with Gasteiger partial charge in [0.2, 0.25) is 5.91 Å². The zero-order chi connectivity index (χ0) is 15.4. The summed E-state index contributed by atoms with van der Waals surface area (Å²) in [7, 11) is 1.53. The Kier molecular flexibility index (Phi) is 4.65. The third-order valence-electron chi connectivity index (χ3n) is 2.89. The van der Waals surface area contributed by atoms with Crippen molar-refractivity contribution in [2.24, 2.45) is 0 Å². The topological polar surface area (TPSA) is 60.3 Å². The van der Waals surface area contributed by atoms with Crippen molar-refractivity contribution in [1.82, 2.24) is 4.57 Å². The van der Waals surface area contributed by atoms with Gasteiger partial charge < -0.3 is 14.6 Å². The highest BCUT2D eigenvalue weighted by Crippen LogP contribution is 2.25. The molecule has 1 aromatic carbocycles. The van der Waals surface area contributed by atoms with Crippen molar-refractivity contribution in [3.8, 4) is 5.75 Å². The Balaban J connectivity index is 2.17. The van der Waals surface area contributed by atoms with Gasteiger partial charge in [-0.25, -0.2) is 0 Å². The normalized spacial score (nSPS) is 10.2. The smallest absolute Gasteiger partial charge is 0.251 e. The third-order valence-corrected chi connectivity index (χ3v) is 3.11. The van der Waals surface area contributed by atoms with Gasteiger partial charge in [0.1, 0.15) is 12.3 Å². The molecule has 0 atom stereocenters. The lowest BCUT2D eigenvalue weighted by molar-refractivity contribution is -0.116. The van der Waals surface area contributed by atoms with Gasteiger partial charge in [-0.1, -0.05) is 17.7 Å². The number of nitrogens with one attached hydrogen (secondary N) is 1. The Labute approximate surface area is 127 Å². The van der Waals surface area contributed by atoms with Crippen LogP contribution in [0.5, 0.6) is 5.75 Å². The fourth-order valence-corrected chi connectivity index (χ4v) is 2.07. The molecule has 2 rings (SSSR count). The van der Waals surface area contributed by atoms with Crippen molar-refractivity contribution in [2.45, 2.75) is 13.5 Å². The number of halogens is 1. The predicted octanol–water partition coefficient (Wildman–Crippen LogP) is 2.46. The average molecular weight is 307 g/mol. The molecule has 6 heteroatoms. The Morgan fingerprint density at radius 3 is 2.81 bits per heavy atom. The van der Waals surface area contributed by atoms with Crippen LogP contribution < -0.4 is 15.6 Å². The minimum Gasteiger partial charge on any atom is -0.495 e. The largest absolute Gasteiger partial charge is 0.495 e. The molecule has 0 radical (unpaired) electrons. The lowest BCUT2D eigenvalue weighted by atomic mass is 10.2. The minimum atomic E-state index is -0.330. The molecule has 1 aromatic heterocycles. The fourth-order valence-electron chi connectivity index (χ4n) is 1.89. The highest BCUT2D eigenvalue weighted by atomic mass is 35.5. The van der Waals surface area contributed by atoms with Gasteiger partial charge in [-0.3, -0.25) is 9.59 Å². The molecule has 2 aromatic rings. The van der Waals surface area contributed by atoms with Crippen LogP contribution in [0.3, 0.4) is 0 Å². The molecular formula is C15H15ClN2O3. The highest BCUT2D eigenvalue weighted by Gasteiger charge is 2.09. The molecule has 5 nitrogen and oxygen atoms in total. The van der Waals surface area contributed by atoms with Crippen LogP contribution in [0.2, 0.25) is 5.02 Å². The second-order valence-corrected chi connectivity index (χ2v) is 5.00. The Bertz CT molecular complexity index is 725. The SMILES string of the molecule is COc1ccc(C)cc1NC(=O)Cn1cc(Cl)ccc1=O. The van der Waals surface area contributed by atoms with E-state index >= 15 is 0 Å². The number of aryl methyl sites for hydroxylation is 1. The van der Waals surface area contributed by atoms with Crippen LogP contribution in [0.1, 0.15) is 5.56 Å². The van der Waals surface area contributed by atoms with E-state index in [1.54, 1.807) is 12.1 Å². The highest BCUT2D eigenvalue weighted by molar-refractivity contribution is 6.30. The molecule has 1 heterocycles. The van der Waals surface area contributed by atoms with Gasteiger partial charge in [-0.15, -0.1) is 0 Å². The molecule has 0 aliphatic carbocycles. The summed E-state index contributed by atoms with van der Waals surface area (Å²) in [6.07, 6.45) is 1.43. The number of amides is 1. The number of nitrogens with zero attached hydrogens (tertiary/aromatic N) is 1. The third kappa shape index (κ3) is 3.86. The van der Waals surface area contributed by atoms with Crippen LogP contribution in [0.4, 0.5) is 5.69 Å². The van der Waals surface area contributed by atoms with E-state index in [1.165, 1.54) is 30.0 Å². The van der Waals surface area contributed by atoms with E-state index in [0.29, 0.717) is 16.5 Å². The van der Waals surface area contributed by atoms with Crippen LogP contribution in [-0.4, -0.2) is 17.6 Å². The van der Waals surface area contributed by atoms with Gasteiger partial charge >= 0.3 is 0 Å². The second kappa shape index (κ2) is 6.45. The lowest BCUT2D eigenvalue weighted by Crippen LogP contribution is -2.26. The molecule has 0 saturated heterocycles. The molecule has 0 bridgehead atoms. The number of anilines is 1. The summed E-state index contributed by atoms with van der Waals surface area (Å²) in [4.78, 5) is 23.7. The van der Waals surface area contributed by atoms with Crippen LogP contribution in [-0.2, 0) is 11.3 Å². The van der Waals surface area contributed by atoms with Crippen LogP contribution in [0.25, 0.3) is 0 Å². The Morgan fingerprint density at radius 2 is 2.10 bits per heavy atom. The van der Waals surface area contributed by atoms with Crippen LogP contribution >= 0.6 is 11.6 Å². The zero-order valence-electron chi connectivity index (χ0n) is 11.7. The summed E-state index contributed by atoms with van der Waals surface area (Å²) >= 11 is 5.82. The van der Waals surface area contributed by atoms with Crippen molar-refractivity contribution in [3.05, 3.63) is 57.5 Å². The maximum atomic E-state index is 12.1. The number of carbonyl (C=O) groups is 1. The molecule has 0 spiro atoms. The quantitative estimate of drug-likeness (QED) is 0.944. The molecule has 0 fully saturated rings. The summed E-state index contributed by atoms with van der Waals surface area (Å²) < 4.78 is 6.44. The summed E-state index contributed by atoms with van der Waals surface area (Å²) in [6, 6.07) is 8.27. The number of aromatic nitrogens is 1. The predicted molar refractivity (Wildman–Crippen MR) is 82.1 cm³/mol. The number of ether oxygens (including phenoxy) is 1. The van der Waals surface area contributed by atoms with Gasteiger partial charge in [-0.2, -0.15) is 0 Å². The van der Waals surface area contributed by atoms with Gasteiger partial charge in [-0.05, 0) is 30.7 Å². The first-order valence-corrected chi connectivity index (χ1v) is 6.68. The first kappa shape index (κ1) is 15.1. The monoisotopic (exact) mass is 306 g/mol. The number of hydrogen-bond donors (Lipinski definition) is 1. The summed E-state index contributed by atoms with van der Waals surface area (Å²) in [5.41, 5.74) is 1.27. The molecule has 21 heavy (non-hydrogen) atoms. The first-order valence-electron chi connectivity index (χ1n) is 6.30. The summed E-state index contributed by atoms with van der Waals surface area (Å²) in [6.45, 7) is 1.80. The summed E-state index contributed by atoms with van der Waals surface area (Å²) in [5, 5.41) is 3.13. The van der Waals surface area contributed by atoms with Crippen molar-refractivity contribution in [2.75, 3.05) is 12.4 Å². The molecule has 0 aliphatic rings. The number of carbonyl (C=O) groups excluding carboxylic acids is 1. The number of benzene rings is 1. The van der Waals surface area contributed by atoms with Gasteiger partial charge in [0.15, 0.2) is 0 Å². The van der Waals surface area contributed by atoms with E-state index in [1.807, 2.05) is 13.0 Å². The van der Waals surface area contributed by atoms with E-state index in [-0.39, 0.29) is 18.0 Å². The average Bonchev–Trinajstić information content (AvgIpc) is 2.43. The van der Waals surface area contributed by atoms with Crippen molar-refractivity contribution in [3.63, 3.8) is 0 Å². The number of methoxy groups -OCH3 is 1. The van der Waals surface area contributed by atoms with E-state index in [4.69, 9.17) is 16.3 Å². The Hall–Kier alpha value is -2.27. The number of hydrogen-bond acceptors (Lipinski definition) is 3. The van der Waals surface area contributed by atoms with Crippen molar-refractivity contribution in [1.29, 1.82) is 0 Å². The first-order chi connectivity index (χ1) is 9.99. The van der Waals surface area contributed by atoms with E-state index in [0.717, 1.165) is 5.56 Å². The van der Waals surface area contributed by atoms with Gasteiger partial charge in [0.05, 0.1) is 17.8 Å². The Morgan fingerprint density at radius 1 is 1.33 bits per heavy atom. The lowest BCUT2D eigenvalue weighted by Gasteiger charge is -2.12. The van der Waals surface area contributed by atoms with Crippen molar-refractivity contribution >= 4 is 23.2 Å². The fraction of sp³-hybridized carbons (Fsp3) is 0.200. The van der Waals surface area contributed by atoms with Crippen LogP contribution in [0, 0.1) is 6.92 Å². The zero-order valence-corrected chi connectivity index (χ0v) is 12.5. The molecule has 1 N–H and O–H groups in total. The number of pyridine rings is 1. The van der Waals surface area contributed by atoms with Crippen LogP contribution in [0.15, 0.2) is 41.3 Å². The van der Waals surface area contributed by atoms with E-state index in [9.17, 15) is 9.59 Å². The molecular weight excluding hydrogens is 292 g/mol. The maximum absolute atomic E-state index is 12.1.